The maximum atomic E-state index is 11.1. The monoisotopic (exact) mass is 252 g/mol. The summed E-state index contributed by atoms with van der Waals surface area (Å²) in [6, 6.07) is 2.60. The molecule has 0 aliphatic carbocycles. The van der Waals surface area contributed by atoms with Crippen LogP contribution in [0.15, 0.2) is 18.3 Å². The number of pyridine rings is 1. The minimum atomic E-state index is -0.900. The molecule has 1 rings (SSSR count). The van der Waals surface area contributed by atoms with Crippen LogP contribution < -0.4 is 21.1 Å². The van der Waals surface area contributed by atoms with Crippen LogP contribution in [0.1, 0.15) is 12.6 Å². The maximum Gasteiger partial charge on any atom is 0.318 e. The van der Waals surface area contributed by atoms with Crippen LogP contribution in [0.25, 0.3) is 0 Å². The molecular weight excluding hydrogens is 236 g/mol. The van der Waals surface area contributed by atoms with E-state index in [0.717, 1.165) is 12.2 Å². The molecule has 0 saturated carbocycles. The van der Waals surface area contributed by atoms with Gasteiger partial charge in [-0.15, -0.1) is 0 Å². The predicted molar refractivity (Wildman–Crippen MR) is 64.8 cm³/mol. The number of nitrogens with zero attached hydrogens (tertiary/aromatic N) is 1. The normalized spacial score (nSPS) is 9.83. The Morgan fingerprint density at radius 3 is 2.78 bits per heavy atom. The number of rotatable bonds is 6. The van der Waals surface area contributed by atoms with Gasteiger partial charge in [-0.25, -0.2) is 4.79 Å². The molecule has 4 N–H and O–H groups in total. The molecule has 0 atom stereocenters. The first-order chi connectivity index (χ1) is 8.61. The number of nitrogens with two attached hydrogens (primary N) is 1. The van der Waals surface area contributed by atoms with E-state index in [1.54, 1.807) is 12.1 Å². The van der Waals surface area contributed by atoms with Crippen LogP contribution in [-0.4, -0.2) is 30.1 Å². The van der Waals surface area contributed by atoms with Crippen molar-refractivity contribution in [1.82, 2.24) is 15.6 Å². The number of nitrogens with one attached hydrogen (secondary N) is 2. The standard InChI is InChI=1S/C11H16N4O3/c1-2-13-5-8-3-4-9(6-14-8)18-7-10(16)15-11(12)17/h3-4,6,13H,2,5,7H2,1H3,(H3,12,15,16,17). The summed E-state index contributed by atoms with van der Waals surface area (Å²) >= 11 is 0. The highest BCUT2D eigenvalue weighted by Gasteiger charge is 2.05. The van der Waals surface area contributed by atoms with Crippen molar-refractivity contribution >= 4 is 11.9 Å². The molecule has 0 aliphatic rings. The van der Waals surface area contributed by atoms with E-state index in [1.165, 1.54) is 6.20 Å². The summed E-state index contributed by atoms with van der Waals surface area (Å²) in [6.45, 7) is 3.28. The lowest BCUT2D eigenvalue weighted by Gasteiger charge is -2.06. The summed E-state index contributed by atoms with van der Waals surface area (Å²) in [7, 11) is 0. The summed E-state index contributed by atoms with van der Waals surface area (Å²) in [5.74, 6) is -0.144. The van der Waals surface area contributed by atoms with Gasteiger partial charge in [0.2, 0.25) is 0 Å². The molecule has 0 fully saturated rings. The van der Waals surface area contributed by atoms with E-state index >= 15 is 0 Å². The Morgan fingerprint density at radius 2 is 2.22 bits per heavy atom. The summed E-state index contributed by atoms with van der Waals surface area (Å²) in [6.07, 6.45) is 1.52. The minimum absolute atomic E-state index is 0.281. The topological polar surface area (TPSA) is 106 Å². The molecule has 18 heavy (non-hydrogen) atoms. The second kappa shape index (κ2) is 7.23. The van der Waals surface area contributed by atoms with Crippen molar-refractivity contribution in [2.45, 2.75) is 13.5 Å². The van der Waals surface area contributed by atoms with Crippen molar-refractivity contribution in [3.8, 4) is 5.75 Å². The van der Waals surface area contributed by atoms with E-state index in [0.29, 0.717) is 12.3 Å². The van der Waals surface area contributed by atoms with Crippen LogP contribution in [0.3, 0.4) is 0 Å². The second-order valence-electron chi connectivity index (χ2n) is 3.47. The predicted octanol–water partition coefficient (Wildman–Crippen LogP) is -0.235. The molecule has 0 radical (unpaired) electrons. The van der Waals surface area contributed by atoms with E-state index in [1.807, 2.05) is 12.2 Å². The highest BCUT2D eigenvalue weighted by molar-refractivity contribution is 5.94. The second-order valence-corrected chi connectivity index (χ2v) is 3.47. The lowest BCUT2D eigenvalue weighted by atomic mass is 10.3. The van der Waals surface area contributed by atoms with Crippen molar-refractivity contribution in [3.05, 3.63) is 24.0 Å². The van der Waals surface area contributed by atoms with Gasteiger partial charge >= 0.3 is 6.03 Å². The zero-order chi connectivity index (χ0) is 13.4. The molecule has 0 bridgehead atoms. The SMILES string of the molecule is CCNCc1ccc(OCC(=O)NC(N)=O)cn1. The number of urea groups is 1. The fourth-order valence-corrected chi connectivity index (χ4v) is 1.18. The zero-order valence-electron chi connectivity index (χ0n) is 10.1. The molecule has 0 spiro atoms. The van der Waals surface area contributed by atoms with Crippen molar-refractivity contribution in [2.24, 2.45) is 5.73 Å². The molecular formula is C11H16N4O3. The van der Waals surface area contributed by atoms with E-state index in [9.17, 15) is 9.59 Å². The zero-order valence-corrected chi connectivity index (χ0v) is 10.1. The Bertz CT molecular complexity index is 405. The summed E-state index contributed by atoms with van der Waals surface area (Å²) in [4.78, 5) is 25.6. The number of aromatic nitrogens is 1. The first-order valence-electron chi connectivity index (χ1n) is 5.49. The Morgan fingerprint density at radius 1 is 1.44 bits per heavy atom. The molecule has 0 aromatic carbocycles. The summed E-state index contributed by atoms with van der Waals surface area (Å²) < 4.78 is 5.13. The lowest BCUT2D eigenvalue weighted by molar-refractivity contribution is -0.121. The van der Waals surface area contributed by atoms with Crippen LogP contribution in [0.4, 0.5) is 4.79 Å². The summed E-state index contributed by atoms with van der Waals surface area (Å²) in [5.41, 5.74) is 5.66. The van der Waals surface area contributed by atoms with Crippen LogP contribution in [0.5, 0.6) is 5.75 Å². The molecule has 7 heteroatoms. The number of carbonyl (C=O) groups excluding carboxylic acids is 2. The van der Waals surface area contributed by atoms with Gasteiger partial charge in [-0.2, -0.15) is 0 Å². The van der Waals surface area contributed by atoms with E-state index in [2.05, 4.69) is 10.3 Å². The van der Waals surface area contributed by atoms with E-state index < -0.39 is 11.9 Å². The van der Waals surface area contributed by atoms with E-state index in [-0.39, 0.29) is 6.61 Å². The van der Waals surface area contributed by atoms with E-state index in [4.69, 9.17) is 10.5 Å². The van der Waals surface area contributed by atoms with Crippen LogP contribution in [0, 0.1) is 0 Å². The fraction of sp³-hybridized carbons (Fsp3) is 0.364. The van der Waals surface area contributed by atoms with Gasteiger partial charge in [-0.3, -0.25) is 15.1 Å². The minimum Gasteiger partial charge on any atom is -0.482 e. The first-order valence-corrected chi connectivity index (χ1v) is 5.49. The van der Waals surface area contributed by atoms with Gasteiger partial charge in [0.15, 0.2) is 6.61 Å². The molecule has 3 amide bonds. The molecule has 7 nitrogen and oxygen atoms in total. The number of hydrogen-bond donors (Lipinski definition) is 3. The molecule has 1 aromatic rings. The largest absolute Gasteiger partial charge is 0.482 e. The van der Waals surface area contributed by atoms with Crippen molar-refractivity contribution in [3.63, 3.8) is 0 Å². The Kier molecular flexibility index (Phi) is 5.59. The number of imide groups is 1. The van der Waals surface area contributed by atoms with Crippen molar-refractivity contribution < 1.29 is 14.3 Å². The number of hydrogen-bond acceptors (Lipinski definition) is 5. The van der Waals surface area contributed by atoms with Gasteiger partial charge in [0.1, 0.15) is 5.75 Å². The fourth-order valence-electron chi connectivity index (χ4n) is 1.18. The quantitative estimate of drug-likeness (QED) is 0.648. The number of amides is 3. The third-order valence-corrected chi connectivity index (χ3v) is 1.99. The molecule has 1 aromatic heterocycles. The van der Waals surface area contributed by atoms with Crippen molar-refractivity contribution in [1.29, 1.82) is 0 Å². The lowest BCUT2D eigenvalue weighted by Crippen LogP contribution is -2.38. The third kappa shape index (κ3) is 5.26. The maximum absolute atomic E-state index is 11.1. The summed E-state index contributed by atoms with van der Waals surface area (Å²) in [5, 5.41) is 5.03. The highest BCUT2D eigenvalue weighted by atomic mass is 16.5. The third-order valence-electron chi connectivity index (χ3n) is 1.99. The average molecular weight is 252 g/mol. The van der Waals surface area contributed by atoms with Gasteiger partial charge in [0, 0.05) is 6.54 Å². The molecule has 98 valence electrons. The van der Waals surface area contributed by atoms with Gasteiger partial charge in [0.05, 0.1) is 11.9 Å². The average Bonchev–Trinajstić information content (AvgIpc) is 2.34. The van der Waals surface area contributed by atoms with Crippen LogP contribution >= 0.6 is 0 Å². The molecule has 0 saturated heterocycles. The van der Waals surface area contributed by atoms with Crippen LogP contribution in [-0.2, 0) is 11.3 Å². The number of primary amides is 1. The smallest absolute Gasteiger partial charge is 0.318 e. The van der Waals surface area contributed by atoms with Gasteiger partial charge in [0.25, 0.3) is 5.91 Å². The highest BCUT2D eigenvalue weighted by Crippen LogP contribution is 2.08. The Balaban J connectivity index is 2.39. The molecule has 1 heterocycles. The first kappa shape index (κ1) is 13.9. The number of carbonyl (C=O) groups is 2. The Hall–Kier alpha value is -2.15. The molecule has 0 unspecified atom stereocenters. The van der Waals surface area contributed by atoms with Gasteiger partial charge in [-0.05, 0) is 18.7 Å². The van der Waals surface area contributed by atoms with Crippen LogP contribution in [0.2, 0.25) is 0 Å². The van der Waals surface area contributed by atoms with Gasteiger partial charge < -0.3 is 15.8 Å². The molecule has 0 aliphatic heterocycles. The number of ether oxygens (including phenoxy) is 1. The Labute approximate surface area is 105 Å². The van der Waals surface area contributed by atoms with Gasteiger partial charge in [-0.1, -0.05) is 6.92 Å². The van der Waals surface area contributed by atoms with Crippen molar-refractivity contribution in [2.75, 3.05) is 13.2 Å².